The van der Waals surface area contributed by atoms with Crippen LogP contribution in [-0.2, 0) is 9.47 Å². The van der Waals surface area contributed by atoms with E-state index in [4.69, 9.17) is 10.5 Å². The van der Waals surface area contributed by atoms with Crippen LogP contribution in [0.1, 0.15) is 19.3 Å². The van der Waals surface area contributed by atoms with Crippen LogP contribution >= 0.6 is 0 Å². The van der Waals surface area contributed by atoms with Gasteiger partial charge in [0.15, 0.2) is 0 Å². The number of nitrogens with two attached hydrogens (primary N) is 1. The predicted octanol–water partition coefficient (Wildman–Crippen LogP) is 1.71. The standard InChI is InChI=1S/C10H18F3NO2/c11-10(12,13)8-15-4-1-2-9(6-14)3-5-16-7-9/h1-8,14H2. The third kappa shape index (κ3) is 4.67. The second-order valence-corrected chi connectivity index (χ2v) is 4.28. The molecular weight excluding hydrogens is 223 g/mol. The van der Waals surface area contributed by atoms with Gasteiger partial charge in [-0.1, -0.05) is 0 Å². The van der Waals surface area contributed by atoms with Crippen LogP contribution in [0.5, 0.6) is 0 Å². The van der Waals surface area contributed by atoms with Crippen LogP contribution in [0, 0.1) is 5.41 Å². The molecule has 1 atom stereocenters. The second kappa shape index (κ2) is 5.84. The van der Waals surface area contributed by atoms with Gasteiger partial charge in [-0.05, 0) is 19.3 Å². The first kappa shape index (κ1) is 13.7. The van der Waals surface area contributed by atoms with Gasteiger partial charge in [0.1, 0.15) is 6.61 Å². The predicted molar refractivity (Wildman–Crippen MR) is 53.0 cm³/mol. The van der Waals surface area contributed by atoms with Gasteiger partial charge in [-0.25, -0.2) is 0 Å². The molecule has 1 unspecified atom stereocenters. The first-order valence-corrected chi connectivity index (χ1v) is 5.40. The van der Waals surface area contributed by atoms with E-state index in [0.29, 0.717) is 26.2 Å². The first-order valence-electron chi connectivity index (χ1n) is 5.40. The summed E-state index contributed by atoms with van der Waals surface area (Å²) in [6.07, 6.45) is -1.98. The summed E-state index contributed by atoms with van der Waals surface area (Å²) >= 11 is 0. The monoisotopic (exact) mass is 241 g/mol. The summed E-state index contributed by atoms with van der Waals surface area (Å²) in [6, 6.07) is 0. The van der Waals surface area contributed by atoms with Gasteiger partial charge in [-0.2, -0.15) is 13.2 Å². The van der Waals surface area contributed by atoms with Crippen molar-refractivity contribution in [3.8, 4) is 0 Å². The number of ether oxygens (including phenoxy) is 2. The maximum atomic E-state index is 11.8. The fourth-order valence-corrected chi connectivity index (χ4v) is 1.85. The topological polar surface area (TPSA) is 44.5 Å². The summed E-state index contributed by atoms with van der Waals surface area (Å²) in [6.45, 7) is 0.788. The molecule has 6 heteroatoms. The van der Waals surface area contributed by atoms with Crippen molar-refractivity contribution < 1.29 is 22.6 Å². The summed E-state index contributed by atoms with van der Waals surface area (Å²) in [7, 11) is 0. The van der Waals surface area contributed by atoms with Gasteiger partial charge >= 0.3 is 6.18 Å². The van der Waals surface area contributed by atoms with E-state index in [1.807, 2.05) is 0 Å². The molecule has 2 N–H and O–H groups in total. The van der Waals surface area contributed by atoms with E-state index in [1.54, 1.807) is 0 Å². The lowest BCUT2D eigenvalue weighted by molar-refractivity contribution is -0.174. The van der Waals surface area contributed by atoms with Gasteiger partial charge in [0.25, 0.3) is 0 Å². The van der Waals surface area contributed by atoms with Crippen molar-refractivity contribution >= 4 is 0 Å². The van der Waals surface area contributed by atoms with Crippen molar-refractivity contribution in [3.05, 3.63) is 0 Å². The zero-order valence-electron chi connectivity index (χ0n) is 9.18. The molecule has 0 amide bonds. The molecule has 0 radical (unpaired) electrons. The molecule has 1 aliphatic heterocycles. The largest absolute Gasteiger partial charge is 0.411 e. The minimum Gasteiger partial charge on any atom is -0.381 e. The lowest BCUT2D eigenvalue weighted by atomic mass is 9.83. The van der Waals surface area contributed by atoms with E-state index in [2.05, 4.69) is 4.74 Å². The summed E-state index contributed by atoms with van der Waals surface area (Å²) in [5.74, 6) is 0. The molecule has 0 aromatic carbocycles. The van der Waals surface area contributed by atoms with Crippen molar-refractivity contribution in [2.24, 2.45) is 11.1 Å². The normalized spacial score (nSPS) is 26.2. The molecular formula is C10H18F3NO2. The fraction of sp³-hybridized carbons (Fsp3) is 1.00. The zero-order chi connectivity index (χ0) is 12.1. The van der Waals surface area contributed by atoms with E-state index in [-0.39, 0.29) is 12.0 Å². The molecule has 0 bridgehead atoms. The molecule has 0 spiro atoms. The maximum Gasteiger partial charge on any atom is 0.411 e. The molecule has 1 heterocycles. The lowest BCUT2D eigenvalue weighted by Gasteiger charge is -2.25. The summed E-state index contributed by atoms with van der Waals surface area (Å²) in [5.41, 5.74) is 5.61. The van der Waals surface area contributed by atoms with Crippen LogP contribution in [0.2, 0.25) is 0 Å². The number of alkyl halides is 3. The molecule has 16 heavy (non-hydrogen) atoms. The van der Waals surface area contributed by atoms with E-state index < -0.39 is 12.8 Å². The van der Waals surface area contributed by atoms with Gasteiger partial charge in [0.2, 0.25) is 0 Å². The molecule has 1 rings (SSSR count). The summed E-state index contributed by atoms with van der Waals surface area (Å²) in [5, 5.41) is 0. The summed E-state index contributed by atoms with van der Waals surface area (Å²) < 4.78 is 45.1. The SMILES string of the molecule is NCC1(CCCOCC(F)(F)F)CCOC1. The van der Waals surface area contributed by atoms with Gasteiger partial charge in [-0.15, -0.1) is 0 Å². The van der Waals surface area contributed by atoms with E-state index >= 15 is 0 Å². The van der Waals surface area contributed by atoms with Crippen LogP contribution in [0.25, 0.3) is 0 Å². The quantitative estimate of drug-likeness (QED) is 0.720. The van der Waals surface area contributed by atoms with Crippen LogP contribution < -0.4 is 5.73 Å². The van der Waals surface area contributed by atoms with Crippen LogP contribution in [0.3, 0.4) is 0 Å². The Kier molecular flexibility index (Phi) is 5.01. The van der Waals surface area contributed by atoms with Gasteiger partial charge in [0, 0.05) is 25.2 Å². The zero-order valence-corrected chi connectivity index (χ0v) is 9.18. The average molecular weight is 241 g/mol. The molecule has 1 saturated heterocycles. The van der Waals surface area contributed by atoms with Crippen molar-refractivity contribution in [1.82, 2.24) is 0 Å². The molecule has 0 saturated carbocycles. The molecule has 0 aromatic heterocycles. The highest BCUT2D eigenvalue weighted by atomic mass is 19.4. The maximum absolute atomic E-state index is 11.8. The molecule has 1 fully saturated rings. The molecule has 0 aromatic rings. The number of hydrogen-bond donors (Lipinski definition) is 1. The van der Waals surface area contributed by atoms with Crippen LogP contribution in [-0.4, -0.2) is 39.1 Å². The Balaban J connectivity index is 2.10. The highest BCUT2D eigenvalue weighted by Gasteiger charge is 2.33. The van der Waals surface area contributed by atoms with Gasteiger partial charge in [-0.3, -0.25) is 0 Å². The van der Waals surface area contributed by atoms with Crippen molar-refractivity contribution in [2.45, 2.75) is 25.4 Å². The Labute approximate surface area is 93.1 Å². The van der Waals surface area contributed by atoms with Crippen molar-refractivity contribution in [1.29, 1.82) is 0 Å². The van der Waals surface area contributed by atoms with E-state index in [0.717, 1.165) is 12.8 Å². The molecule has 3 nitrogen and oxygen atoms in total. The van der Waals surface area contributed by atoms with Gasteiger partial charge < -0.3 is 15.2 Å². The lowest BCUT2D eigenvalue weighted by Crippen LogP contribution is -2.31. The fourth-order valence-electron chi connectivity index (χ4n) is 1.85. The average Bonchev–Trinajstić information content (AvgIpc) is 2.65. The van der Waals surface area contributed by atoms with E-state index in [1.165, 1.54) is 0 Å². The van der Waals surface area contributed by atoms with Crippen LogP contribution in [0.15, 0.2) is 0 Å². The third-order valence-corrected chi connectivity index (χ3v) is 2.88. The molecule has 96 valence electrons. The number of hydrogen-bond acceptors (Lipinski definition) is 3. The third-order valence-electron chi connectivity index (χ3n) is 2.88. The summed E-state index contributed by atoms with van der Waals surface area (Å²) in [4.78, 5) is 0. The van der Waals surface area contributed by atoms with Crippen molar-refractivity contribution in [2.75, 3.05) is 33.0 Å². The smallest absolute Gasteiger partial charge is 0.381 e. The highest BCUT2D eigenvalue weighted by Crippen LogP contribution is 2.32. The Hall–Kier alpha value is -0.330. The van der Waals surface area contributed by atoms with Gasteiger partial charge in [0.05, 0.1) is 6.61 Å². The Morgan fingerprint density at radius 1 is 1.38 bits per heavy atom. The Bertz CT molecular complexity index is 203. The minimum absolute atomic E-state index is 0.0401. The van der Waals surface area contributed by atoms with E-state index in [9.17, 15) is 13.2 Å². The second-order valence-electron chi connectivity index (χ2n) is 4.28. The first-order chi connectivity index (χ1) is 7.47. The van der Waals surface area contributed by atoms with Crippen molar-refractivity contribution in [3.63, 3.8) is 0 Å². The Morgan fingerprint density at radius 3 is 2.62 bits per heavy atom. The minimum atomic E-state index is -4.23. The van der Waals surface area contributed by atoms with Crippen LogP contribution in [0.4, 0.5) is 13.2 Å². The highest BCUT2D eigenvalue weighted by molar-refractivity contribution is 4.83. The molecule has 0 aliphatic carbocycles. The molecule has 1 aliphatic rings. The number of halogens is 3. The number of rotatable bonds is 6. The Morgan fingerprint density at radius 2 is 2.12 bits per heavy atom.